The molecule has 104 valence electrons. The van der Waals surface area contributed by atoms with E-state index in [0.29, 0.717) is 21.0 Å². The predicted molar refractivity (Wildman–Crippen MR) is 79.9 cm³/mol. The molecule has 0 saturated carbocycles. The Kier molecular flexibility index (Phi) is 3.48. The van der Waals surface area contributed by atoms with Crippen LogP contribution in [0.25, 0.3) is 10.9 Å². The average molecular weight is 310 g/mol. The van der Waals surface area contributed by atoms with Gasteiger partial charge in [0.15, 0.2) is 0 Å². The summed E-state index contributed by atoms with van der Waals surface area (Å²) in [6.45, 7) is 2.70. The number of halogens is 1. The molecule has 2 aromatic rings. The van der Waals surface area contributed by atoms with Crippen molar-refractivity contribution in [1.29, 1.82) is 0 Å². The molecule has 4 nitrogen and oxygen atoms in total. The van der Waals surface area contributed by atoms with Crippen molar-refractivity contribution in [2.75, 3.05) is 12.4 Å². The Morgan fingerprint density at radius 2 is 2.30 bits per heavy atom. The summed E-state index contributed by atoms with van der Waals surface area (Å²) in [5, 5.41) is 1.65. The van der Waals surface area contributed by atoms with E-state index in [1.165, 1.54) is 11.8 Å². The number of thioether (sulfide) groups is 1. The van der Waals surface area contributed by atoms with Crippen molar-refractivity contribution < 1.29 is 9.53 Å². The molecule has 0 radical (unpaired) electrons. The van der Waals surface area contributed by atoms with E-state index in [1.807, 2.05) is 4.57 Å². The number of hydrogen-bond donors (Lipinski definition) is 0. The summed E-state index contributed by atoms with van der Waals surface area (Å²) < 4.78 is 6.96. The van der Waals surface area contributed by atoms with Crippen molar-refractivity contribution in [1.82, 2.24) is 4.57 Å². The summed E-state index contributed by atoms with van der Waals surface area (Å²) in [5.41, 5.74) is 0.526. The molecule has 1 aliphatic rings. The number of nitrogens with zero attached hydrogens (tertiary/aromatic N) is 1. The Morgan fingerprint density at radius 1 is 1.50 bits per heavy atom. The van der Waals surface area contributed by atoms with Gasteiger partial charge in [0.25, 0.3) is 0 Å². The summed E-state index contributed by atoms with van der Waals surface area (Å²) in [6.07, 6.45) is 0. The summed E-state index contributed by atoms with van der Waals surface area (Å²) in [4.78, 5) is 24.6. The lowest BCUT2D eigenvalue weighted by atomic mass is 10.1. The van der Waals surface area contributed by atoms with E-state index in [0.717, 1.165) is 12.3 Å². The largest absolute Gasteiger partial charge is 0.462 e. The third-order valence-electron chi connectivity index (χ3n) is 3.22. The number of para-hydroxylation sites is 1. The van der Waals surface area contributed by atoms with Crippen LogP contribution in [-0.2, 0) is 11.3 Å². The van der Waals surface area contributed by atoms with Crippen LogP contribution in [0.5, 0.6) is 0 Å². The maximum atomic E-state index is 12.6. The molecule has 0 spiro atoms. The average Bonchev–Trinajstić information content (AvgIpc) is 2.88. The topological polar surface area (TPSA) is 48.3 Å². The van der Waals surface area contributed by atoms with Crippen LogP contribution in [0.3, 0.4) is 0 Å². The van der Waals surface area contributed by atoms with Crippen molar-refractivity contribution in [2.24, 2.45) is 0 Å². The molecule has 0 bridgehead atoms. The smallest absolute Gasteiger partial charge is 0.344 e. The number of benzene rings is 1. The van der Waals surface area contributed by atoms with Crippen LogP contribution in [0.2, 0.25) is 5.02 Å². The van der Waals surface area contributed by atoms with Crippen LogP contribution < -0.4 is 5.43 Å². The molecule has 3 rings (SSSR count). The first-order chi connectivity index (χ1) is 9.65. The van der Waals surface area contributed by atoms with Gasteiger partial charge in [-0.25, -0.2) is 4.79 Å². The molecule has 2 heterocycles. The molecular formula is C14H12ClNO3S. The van der Waals surface area contributed by atoms with Crippen LogP contribution in [0.1, 0.15) is 17.3 Å². The molecule has 20 heavy (non-hydrogen) atoms. The lowest BCUT2D eigenvalue weighted by Crippen LogP contribution is -2.22. The molecule has 0 amide bonds. The van der Waals surface area contributed by atoms with E-state index in [-0.39, 0.29) is 17.6 Å². The second-order valence-corrected chi connectivity index (χ2v) is 5.86. The summed E-state index contributed by atoms with van der Waals surface area (Å²) in [5.74, 6) is 0.258. The molecule has 1 aromatic carbocycles. The fourth-order valence-corrected chi connectivity index (χ4v) is 3.82. The van der Waals surface area contributed by atoms with Crippen LogP contribution in [0.4, 0.5) is 0 Å². The number of pyridine rings is 1. The Labute approximate surface area is 124 Å². The normalized spacial score (nSPS) is 13.5. The van der Waals surface area contributed by atoms with Gasteiger partial charge in [0.1, 0.15) is 5.56 Å². The first-order valence-corrected chi connectivity index (χ1v) is 7.66. The molecule has 0 unspecified atom stereocenters. The van der Waals surface area contributed by atoms with Crippen molar-refractivity contribution in [3.8, 4) is 0 Å². The van der Waals surface area contributed by atoms with Gasteiger partial charge in [-0.1, -0.05) is 17.7 Å². The molecule has 0 fully saturated rings. The number of esters is 1. The number of aromatic nitrogens is 1. The maximum absolute atomic E-state index is 12.6. The number of aryl methyl sites for hydroxylation is 1. The Morgan fingerprint density at radius 3 is 3.05 bits per heavy atom. The summed E-state index contributed by atoms with van der Waals surface area (Å²) in [6, 6.07) is 5.17. The van der Waals surface area contributed by atoms with Gasteiger partial charge in [-0.2, -0.15) is 0 Å². The molecule has 1 aromatic heterocycles. The number of hydrogen-bond acceptors (Lipinski definition) is 4. The van der Waals surface area contributed by atoms with E-state index < -0.39 is 5.97 Å². The Balaban J connectivity index is 2.41. The zero-order chi connectivity index (χ0) is 14.3. The number of carbonyl (C=O) groups excluding carboxylic acids is 1. The molecule has 0 saturated heterocycles. The molecule has 1 aliphatic heterocycles. The van der Waals surface area contributed by atoms with Crippen LogP contribution in [0.15, 0.2) is 28.0 Å². The van der Waals surface area contributed by atoms with Gasteiger partial charge in [-0.15, -0.1) is 11.8 Å². The van der Waals surface area contributed by atoms with Crippen LogP contribution in [-0.4, -0.2) is 22.9 Å². The Hall–Kier alpha value is -1.46. The van der Waals surface area contributed by atoms with Crippen molar-refractivity contribution >= 4 is 40.2 Å². The van der Waals surface area contributed by atoms with Crippen molar-refractivity contribution in [3.63, 3.8) is 0 Å². The first-order valence-electron chi connectivity index (χ1n) is 6.30. The van der Waals surface area contributed by atoms with Gasteiger partial charge in [0.2, 0.25) is 5.43 Å². The van der Waals surface area contributed by atoms with E-state index >= 15 is 0 Å². The highest BCUT2D eigenvalue weighted by molar-refractivity contribution is 7.99. The van der Waals surface area contributed by atoms with Crippen molar-refractivity contribution in [3.05, 3.63) is 39.0 Å². The quantitative estimate of drug-likeness (QED) is 0.800. The van der Waals surface area contributed by atoms with Crippen LogP contribution >= 0.6 is 23.4 Å². The van der Waals surface area contributed by atoms with Crippen molar-refractivity contribution in [2.45, 2.75) is 18.5 Å². The van der Waals surface area contributed by atoms with Gasteiger partial charge in [-0.3, -0.25) is 4.79 Å². The number of carbonyl (C=O) groups is 1. The van der Waals surface area contributed by atoms with Crippen LogP contribution in [0, 0.1) is 0 Å². The molecule has 0 N–H and O–H groups in total. The minimum atomic E-state index is -0.558. The fourth-order valence-electron chi connectivity index (χ4n) is 2.42. The van der Waals surface area contributed by atoms with Gasteiger partial charge in [-0.05, 0) is 19.1 Å². The lowest BCUT2D eigenvalue weighted by Gasteiger charge is -2.13. The standard InChI is InChI=1S/C14H12ClNO3S/c1-2-19-14(18)10-12(17)8-4-3-5-9(15)11(8)16-6-7-20-13(10)16/h3-5H,2,6-7H2,1H3. The van der Waals surface area contributed by atoms with E-state index in [4.69, 9.17) is 16.3 Å². The highest BCUT2D eigenvalue weighted by Crippen LogP contribution is 2.34. The fraction of sp³-hybridized carbons (Fsp3) is 0.286. The minimum absolute atomic E-state index is 0.129. The zero-order valence-corrected chi connectivity index (χ0v) is 12.4. The predicted octanol–water partition coefficient (Wildman–Crippen LogP) is 2.94. The monoisotopic (exact) mass is 309 g/mol. The van der Waals surface area contributed by atoms with Gasteiger partial charge in [0, 0.05) is 17.7 Å². The molecular weight excluding hydrogens is 298 g/mol. The molecule has 0 atom stereocenters. The summed E-state index contributed by atoms with van der Waals surface area (Å²) >= 11 is 7.71. The first kappa shape index (κ1) is 13.5. The number of ether oxygens (including phenoxy) is 1. The third-order valence-corrected chi connectivity index (χ3v) is 4.61. The number of fused-ring (bicyclic) bond motifs is 3. The molecule has 0 aliphatic carbocycles. The van der Waals surface area contributed by atoms with E-state index in [9.17, 15) is 9.59 Å². The van der Waals surface area contributed by atoms with E-state index in [2.05, 4.69) is 0 Å². The lowest BCUT2D eigenvalue weighted by molar-refractivity contribution is 0.0519. The Bertz CT molecular complexity index is 769. The number of rotatable bonds is 2. The zero-order valence-electron chi connectivity index (χ0n) is 10.8. The van der Waals surface area contributed by atoms with Gasteiger partial charge < -0.3 is 9.30 Å². The summed E-state index contributed by atoms with van der Waals surface area (Å²) in [7, 11) is 0. The highest BCUT2D eigenvalue weighted by atomic mass is 35.5. The molecule has 6 heteroatoms. The van der Waals surface area contributed by atoms with Gasteiger partial charge >= 0.3 is 5.97 Å². The minimum Gasteiger partial charge on any atom is -0.462 e. The second-order valence-electron chi connectivity index (χ2n) is 4.37. The second kappa shape index (κ2) is 5.14. The van der Waals surface area contributed by atoms with E-state index in [1.54, 1.807) is 25.1 Å². The van der Waals surface area contributed by atoms with Gasteiger partial charge in [0.05, 0.1) is 22.2 Å². The highest BCUT2D eigenvalue weighted by Gasteiger charge is 2.27. The SMILES string of the molecule is CCOC(=O)c1c2n(c3c(Cl)cccc3c1=O)CCS2. The maximum Gasteiger partial charge on any atom is 0.344 e. The third kappa shape index (κ3) is 1.93.